The molecule has 1 aliphatic rings. The minimum Gasteiger partial charge on any atom is -0.350 e. The number of aromatic nitrogens is 4. The van der Waals surface area contributed by atoms with E-state index in [0.717, 1.165) is 54.4 Å². The molecule has 0 bridgehead atoms. The molecule has 0 unspecified atom stereocenters. The number of amides is 1. The van der Waals surface area contributed by atoms with E-state index in [1.54, 1.807) is 0 Å². The van der Waals surface area contributed by atoms with Gasteiger partial charge in [0.2, 0.25) is 5.91 Å². The molecule has 4 rings (SSSR count). The number of hydrogen-bond acceptors (Lipinski definition) is 4. The Labute approximate surface area is 176 Å². The van der Waals surface area contributed by atoms with Crippen molar-refractivity contribution in [2.24, 2.45) is 0 Å². The number of nitrogens with zero attached hydrogens (tertiary/aromatic N) is 4. The van der Waals surface area contributed by atoms with E-state index in [-0.39, 0.29) is 18.3 Å². The minimum absolute atomic E-state index is 0. The lowest BCUT2D eigenvalue weighted by Gasteiger charge is -2.06. The van der Waals surface area contributed by atoms with Gasteiger partial charge in [-0.3, -0.25) is 9.48 Å². The van der Waals surface area contributed by atoms with Gasteiger partial charge in [-0.2, -0.15) is 10.2 Å². The van der Waals surface area contributed by atoms with Crippen LogP contribution in [0.4, 0.5) is 0 Å². The molecule has 0 fully saturated rings. The highest BCUT2D eigenvalue weighted by Crippen LogP contribution is 2.18. The van der Waals surface area contributed by atoms with Gasteiger partial charge in [0.25, 0.3) is 0 Å². The third-order valence-electron chi connectivity index (χ3n) is 5.19. The van der Waals surface area contributed by atoms with Crippen molar-refractivity contribution < 1.29 is 4.79 Å². The maximum Gasteiger partial charge on any atom is 0.224 e. The highest BCUT2D eigenvalue weighted by atomic mass is 35.5. The van der Waals surface area contributed by atoms with Crippen LogP contribution < -0.4 is 10.6 Å². The molecule has 7 nitrogen and oxygen atoms in total. The van der Waals surface area contributed by atoms with E-state index in [4.69, 9.17) is 0 Å². The van der Waals surface area contributed by atoms with Crippen molar-refractivity contribution in [1.82, 2.24) is 30.2 Å². The second-order valence-corrected chi connectivity index (χ2v) is 7.23. The van der Waals surface area contributed by atoms with Gasteiger partial charge in [-0.25, -0.2) is 4.68 Å². The van der Waals surface area contributed by atoms with Crippen molar-refractivity contribution in [1.29, 1.82) is 0 Å². The Kier molecular flexibility index (Phi) is 6.71. The van der Waals surface area contributed by atoms with Crippen LogP contribution in [-0.2, 0) is 30.8 Å². The molecule has 0 aliphatic carbocycles. The molecule has 154 valence electrons. The molecule has 1 amide bonds. The number of carbonyl (C=O) groups excluding carboxylic acids is 1. The molecule has 0 atom stereocenters. The highest BCUT2D eigenvalue weighted by Gasteiger charge is 2.16. The monoisotopic (exact) mass is 414 g/mol. The lowest BCUT2D eigenvalue weighted by atomic mass is 10.1. The summed E-state index contributed by atoms with van der Waals surface area (Å²) in [7, 11) is 0. The Hall–Kier alpha value is -2.64. The van der Waals surface area contributed by atoms with Gasteiger partial charge in [-0.1, -0.05) is 18.2 Å². The van der Waals surface area contributed by atoms with Crippen molar-refractivity contribution in [3.05, 3.63) is 64.7 Å². The molecule has 8 heteroatoms. The Bertz CT molecular complexity index is 955. The Morgan fingerprint density at radius 2 is 2.00 bits per heavy atom. The predicted octanol–water partition coefficient (Wildman–Crippen LogP) is 2.46. The number of para-hydroxylation sites is 1. The summed E-state index contributed by atoms with van der Waals surface area (Å²) < 4.78 is 3.94. The Balaban J connectivity index is 0.00000240. The average molecular weight is 415 g/mol. The fourth-order valence-electron chi connectivity index (χ4n) is 3.67. The average Bonchev–Trinajstić information content (AvgIpc) is 3.13. The van der Waals surface area contributed by atoms with Gasteiger partial charge in [-0.15, -0.1) is 12.4 Å². The maximum atomic E-state index is 12.5. The SMILES string of the molecule is Cc1nn(-c2ccccc2)c(C)c1CC(=O)NCc1cc2n(n1)CCCNC2.Cl. The van der Waals surface area contributed by atoms with E-state index in [1.165, 1.54) is 5.69 Å². The fourth-order valence-corrected chi connectivity index (χ4v) is 3.67. The summed E-state index contributed by atoms with van der Waals surface area (Å²) >= 11 is 0. The molecule has 2 N–H and O–H groups in total. The van der Waals surface area contributed by atoms with Crippen molar-refractivity contribution in [2.75, 3.05) is 6.54 Å². The third kappa shape index (κ3) is 4.68. The first-order valence-electron chi connectivity index (χ1n) is 9.75. The number of aryl methyl sites for hydroxylation is 2. The summed E-state index contributed by atoms with van der Waals surface area (Å²) in [6, 6.07) is 12.1. The van der Waals surface area contributed by atoms with Gasteiger partial charge in [0, 0.05) is 24.3 Å². The van der Waals surface area contributed by atoms with Crippen LogP contribution in [0.25, 0.3) is 5.69 Å². The fraction of sp³-hybridized carbons (Fsp3) is 0.381. The number of benzene rings is 1. The van der Waals surface area contributed by atoms with E-state index in [2.05, 4.69) is 26.9 Å². The van der Waals surface area contributed by atoms with Crippen LogP contribution in [0.3, 0.4) is 0 Å². The third-order valence-corrected chi connectivity index (χ3v) is 5.19. The summed E-state index contributed by atoms with van der Waals surface area (Å²) in [5.74, 6) is -0.0138. The largest absolute Gasteiger partial charge is 0.350 e. The first-order valence-corrected chi connectivity index (χ1v) is 9.75. The number of hydrogen-bond donors (Lipinski definition) is 2. The van der Waals surface area contributed by atoms with Gasteiger partial charge < -0.3 is 10.6 Å². The molecule has 0 radical (unpaired) electrons. The predicted molar refractivity (Wildman–Crippen MR) is 114 cm³/mol. The standard InChI is InChI=1S/C21H26N6O.ClH/c1-15-20(16(2)27(24-15)18-7-4-3-5-8-18)12-21(28)23-13-17-11-19-14-22-9-6-10-26(19)25-17;/h3-5,7-8,11,22H,6,9-10,12-14H2,1-2H3,(H,23,28);1H. The van der Waals surface area contributed by atoms with Crippen LogP contribution >= 0.6 is 12.4 Å². The zero-order valence-electron chi connectivity index (χ0n) is 16.8. The smallest absolute Gasteiger partial charge is 0.224 e. The lowest BCUT2D eigenvalue weighted by Crippen LogP contribution is -2.25. The van der Waals surface area contributed by atoms with Gasteiger partial charge in [-0.05, 0) is 45.0 Å². The summed E-state index contributed by atoms with van der Waals surface area (Å²) in [5, 5.41) is 15.6. The van der Waals surface area contributed by atoms with Gasteiger partial charge in [0.1, 0.15) is 0 Å². The van der Waals surface area contributed by atoms with E-state index in [9.17, 15) is 4.79 Å². The molecule has 1 aliphatic heterocycles. The Morgan fingerprint density at radius 3 is 2.79 bits per heavy atom. The molecule has 29 heavy (non-hydrogen) atoms. The van der Waals surface area contributed by atoms with E-state index in [1.807, 2.05) is 53.5 Å². The van der Waals surface area contributed by atoms with Crippen LogP contribution in [0.1, 0.15) is 34.8 Å². The topological polar surface area (TPSA) is 76.8 Å². The van der Waals surface area contributed by atoms with Crippen molar-refractivity contribution in [3.63, 3.8) is 0 Å². The molecule has 1 aromatic carbocycles. The van der Waals surface area contributed by atoms with E-state index < -0.39 is 0 Å². The molecule has 0 saturated heterocycles. The zero-order chi connectivity index (χ0) is 19.5. The van der Waals surface area contributed by atoms with Crippen molar-refractivity contribution in [2.45, 2.75) is 46.3 Å². The summed E-state index contributed by atoms with van der Waals surface area (Å²) in [6.45, 7) is 7.18. The number of halogens is 1. The number of nitrogens with one attached hydrogen (secondary N) is 2. The van der Waals surface area contributed by atoms with Crippen molar-refractivity contribution in [3.8, 4) is 5.69 Å². The summed E-state index contributed by atoms with van der Waals surface area (Å²) in [6.07, 6.45) is 1.39. The van der Waals surface area contributed by atoms with Crippen molar-refractivity contribution >= 4 is 18.3 Å². The highest BCUT2D eigenvalue weighted by molar-refractivity contribution is 5.85. The minimum atomic E-state index is -0.0138. The second-order valence-electron chi connectivity index (χ2n) is 7.23. The van der Waals surface area contributed by atoms with Gasteiger partial charge in [0.15, 0.2) is 0 Å². The number of rotatable bonds is 5. The van der Waals surface area contributed by atoms with Crippen LogP contribution in [0.15, 0.2) is 36.4 Å². The van der Waals surface area contributed by atoms with Gasteiger partial charge >= 0.3 is 0 Å². The Morgan fingerprint density at radius 1 is 1.21 bits per heavy atom. The second kappa shape index (κ2) is 9.24. The van der Waals surface area contributed by atoms with Crippen LogP contribution in [0, 0.1) is 13.8 Å². The van der Waals surface area contributed by atoms with Crippen LogP contribution in [-0.4, -0.2) is 32.0 Å². The number of fused-ring (bicyclic) bond motifs is 1. The number of carbonyl (C=O) groups is 1. The van der Waals surface area contributed by atoms with Crippen LogP contribution in [0.5, 0.6) is 0 Å². The molecular weight excluding hydrogens is 388 g/mol. The first-order chi connectivity index (χ1) is 13.6. The van der Waals surface area contributed by atoms with Crippen LogP contribution in [0.2, 0.25) is 0 Å². The molecule has 0 spiro atoms. The normalized spacial score (nSPS) is 13.3. The zero-order valence-corrected chi connectivity index (χ0v) is 17.6. The first kappa shape index (κ1) is 21.1. The molecule has 2 aromatic heterocycles. The van der Waals surface area contributed by atoms with E-state index in [0.29, 0.717) is 13.0 Å². The lowest BCUT2D eigenvalue weighted by molar-refractivity contribution is -0.120. The quantitative estimate of drug-likeness (QED) is 0.672. The summed E-state index contributed by atoms with van der Waals surface area (Å²) in [5.41, 5.74) is 5.95. The molecule has 3 heterocycles. The summed E-state index contributed by atoms with van der Waals surface area (Å²) in [4.78, 5) is 12.5. The molecular formula is C21H27ClN6O. The van der Waals surface area contributed by atoms with Gasteiger partial charge in [0.05, 0.1) is 35.7 Å². The van der Waals surface area contributed by atoms with E-state index >= 15 is 0 Å². The molecule has 3 aromatic rings. The maximum absolute atomic E-state index is 12.5. The molecule has 0 saturated carbocycles.